The highest BCUT2D eigenvalue weighted by atomic mass is 16.3. The zero-order valence-electron chi connectivity index (χ0n) is 13.6. The maximum atomic E-state index is 12.3. The van der Waals surface area contributed by atoms with Gasteiger partial charge in [0, 0.05) is 17.7 Å². The molecule has 0 amide bonds. The van der Waals surface area contributed by atoms with Crippen LogP contribution >= 0.6 is 0 Å². The van der Waals surface area contributed by atoms with Crippen LogP contribution in [0.15, 0.2) is 66.9 Å². The number of hydrogen-bond acceptors (Lipinski definition) is 2. The Morgan fingerprint density at radius 3 is 2.25 bits per heavy atom. The van der Waals surface area contributed by atoms with Crippen LogP contribution in [0, 0.1) is 6.92 Å². The van der Waals surface area contributed by atoms with Crippen LogP contribution in [0.5, 0.6) is 0 Å². The van der Waals surface area contributed by atoms with Crippen LogP contribution in [-0.4, -0.2) is 9.50 Å². The van der Waals surface area contributed by atoms with E-state index in [1.807, 2.05) is 82.9 Å². The first kappa shape index (κ1) is 14.5. The van der Waals surface area contributed by atoms with Crippen LogP contribution in [0.2, 0.25) is 0 Å². The molecule has 4 aromatic rings. The predicted octanol–water partition coefficient (Wildman–Crippen LogP) is 1.79. The summed E-state index contributed by atoms with van der Waals surface area (Å²) in [6.45, 7) is 3.60. The predicted molar refractivity (Wildman–Crippen MR) is 91.2 cm³/mol. The standard InChI is InChI=1S/C20H17N3O/c1-14(24)19-18(16-9-5-3-6-10-16)13-22-15(2)23(21-20(19)22)17-11-7-4-8-12-17/h3-13H,1-2H3. The zero-order valence-corrected chi connectivity index (χ0v) is 13.6. The lowest BCUT2D eigenvalue weighted by atomic mass is 10.1. The fraction of sp³-hybridized carbons (Fsp3) is 0.100. The van der Waals surface area contributed by atoms with Crippen molar-refractivity contribution in [2.24, 2.45) is 0 Å². The van der Waals surface area contributed by atoms with Gasteiger partial charge in [0.15, 0.2) is 5.69 Å². The van der Waals surface area contributed by atoms with Crippen molar-refractivity contribution in [1.29, 1.82) is 0 Å². The number of rotatable bonds is 2. The van der Waals surface area contributed by atoms with E-state index in [-0.39, 0.29) is 5.76 Å². The van der Waals surface area contributed by atoms with Crippen molar-refractivity contribution in [2.45, 2.75) is 13.8 Å². The molecule has 0 aliphatic rings. The molecule has 2 aromatic carbocycles. The topological polar surface area (TPSA) is 44.2 Å². The van der Waals surface area contributed by atoms with Crippen molar-refractivity contribution in [2.75, 3.05) is 0 Å². The molecule has 2 aromatic heterocycles. The van der Waals surface area contributed by atoms with Crippen molar-refractivity contribution in [3.8, 4) is 16.8 Å². The monoisotopic (exact) mass is 315 g/mol. The van der Waals surface area contributed by atoms with Gasteiger partial charge in [-0.2, -0.15) is 4.40 Å². The van der Waals surface area contributed by atoms with E-state index in [1.54, 1.807) is 6.92 Å². The second-order valence-corrected chi connectivity index (χ2v) is 5.83. The number of nitrogens with zero attached hydrogens (tertiary/aromatic N) is 3. The molecule has 0 saturated carbocycles. The quantitative estimate of drug-likeness (QED) is 0.529. The molecule has 0 atom stereocenters. The molecule has 118 valence electrons. The van der Waals surface area contributed by atoms with Crippen LogP contribution in [0.4, 0.5) is 0 Å². The molecule has 0 fully saturated rings. The largest absolute Gasteiger partial charge is 0.875 e. The number of fused-ring (bicyclic) bond motifs is 1. The molecule has 0 bridgehead atoms. The molecule has 24 heavy (non-hydrogen) atoms. The number of benzene rings is 2. The van der Waals surface area contributed by atoms with Crippen LogP contribution in [-0.2, 0) is 0 Å². The highest BCUT2D eigenvalue weighted by molar-refractivity contribution is 5.72. The number of hydrogen-bond donors (Lipinski definition) is 0. The van der Waals surface area contributed by atoms with Gasteiger partial charge < -0.3 is 5.11 Å². The first-order chi connectivity index (χ1) is 11.7. The van der Waals surface area contributed by atoms with E-state index in [2.05, 4.69) is 0 Å². The van der Waals surface area contributed by atoms with Gasteiger partial charge in [0.1, 0.15) is 6.20 Å². The molecule has 0 spiro atoms. The van der Waals surface area contributed by atoms with E-state index in [1.165, 1.54) is 0 Å². The average molecular weight is 315 g/mol. The Labute approximate surface area is 139 Å². The second kappa shape index (κ2) is 5.49. The minimum atomic E-state index is 0.0223. The Balaban J connectivity index is 2.04. The third kappa shape index (κ3) is 2.15. The molecule has 4 nitrogen and oxygen atoms in total. The summed E-state index contributed by atoms with van der Waals surface area (Å²) in [4.78, 5) is 0. The average Bonchev–Trinajstić information content (AvgIpc) is 3.13. The molecule has 0 N–H and O–H groups in total. The summed E-state index contributed by atoms with van der Waals surface area (Å²) in [5.41, 5.74) is 3.63. The molecular weight excluding hydrogens is 298 g/mol. The fourth-order valence-corrected chi connectivity index (χ4v) is 3.11. The lowest BCUT2D eigenvalue weighted by molar-refractivity contribution is -0.662. The minimum Gasteiger partial charge on any atom is -0.875 e. The van der Waals surface area contributed by atoms with Gasteiger partial charge in [-0.3, -0.25) is 0 Å². The Morgan fingerprint density at radius 1 is 1.00 bits per heavy atom. The molecule has 0 saturated heterocycles. The second-order valence-electron chi connectivity index (χ2n) is 5.83. The minimum absolute atomic E-state index is 0.0223. The van der Waals surface area contributed by atoms with Gasteiger partial charge in [-0.25, -0.2) is 0 Å². The summed E-state index contributed by atoms with van der Waals surface area (Å²) in [7, 11) is 0. The molecule has 0 aliphatic heterocycles. The Morgan fingerprint density at radius 2 is 1.62 bits per heavy atom. The first-order valence-corrected chi connectivity index (χ1v) is 7.89. The molecule has 2 heterocycles. The summed E-state index contributed by atoms with van der Waals surface area (Å²) < 4.78 is 3.86. The number of aryl methyl sites for hydroxylation is 1. The third-order valence-electron chi connectivity index (χ3n) is 4.27. The highest BCUT2D eigenvalue weighted by Crippen LogP contribution is 2.18. The van der Waals surface area contributed by atoms with Crippen molar-refractivity contribution >= 4 is 11.4 Å². The zero-order chi connectivity index (χ0) is 16.7. The summed E-state index contributed by atoms with van der Waals surface area (Å²) in [6.07, 6.45) is 2.00. The van der Waals surface area contributed by atoms with E-state index in [9.17, 15) is 5.11 Å². The molecule has 0 unspecified atom stereocenters. The fourth-order valence-electron chi connectivity index (χ4n) is 3.11. The SMILES string of the molecule is C/C([O-])=c1\c(-c2ccccc2)cn2c(C)[n+](-c3ccccc3)nc12. The maximum Gasteiger partial charge on any atom is 0.285 e. The Hall–Kier alpha value is -3.14. The lowest BCUT2D eigenvalue weighted by Gasteiger charge is -2.03. The van der Waals surface area contributed by atoms with Crippen LogP contribution in [0.25, 0.3) is 28.2 Å². The van der Waals surface area contributed by atoms with Crippen molar-refractivity contribution in [3.63, 3.8) is 0 Å². The van der Waals surface area contributed by atoms with Gasteiger partial charge in [-0.15, -0.1) is 5.76 Å². The van der Waals surface area contributed by atoms with E-state index in [0.717, 1.165) is 22.6 Å². The molecular formula is C20H17N3O. The summed E-state index contributed by atoms with van der Waals surface area (Å²) >= 11 is 0. The van der Waals surface area contributed by atoms with E-state index in [4.69, 9.17) is 5.10 Å². The van der Waals surface area contributed by atoms with Gasteiger partial charge in [-0.05, 0) is 22.8 Å². The summed E-state index contributed by atoms with van der Waals surface area (Å²) in [5, 5.41) is 17.7. The van der Waals surface area contributed by atoms with E-state index < -0.39 is 0 Å². The number of aromatic nitrogens is 3. The van der Waals surface area contributed by atoms with Crippen LogP contribution < -0.4 is 15.0 Å². The number of para-hydroxylation sites is 1. The van der Waals surface area contributed by atoms with Crippen LogP contribution in [0.1, 0.15) is 12.7 Å². The third-order valence-corrected chi connectivity index (χ3v) is 4.27. The summed E-state index contributed by atoms with van der Waals surface area (Å²) in [6, 6.07) is 19.9. The maximum absolute atomic E-state index is 12.3. The van der Waals surface area contributed by atoms with Crippen molar-refractivity contribution in [3.05, 3.63) is 77.9 Å². The normalized spacial score (nSPS) is 12.6. The van der Waals surface area contributed by atoms with E-state index >= 15 is 0 Å². The van der Waals surface area contributed by atoms with Gasteiger partial charge in [0.2, 0.25) is 0 Å². The molecule has 0 radical (unpaired) electrons. The highest BCUT2D eigenvalue weighted by Gasteiger charge is 2.22. The molecule has 0 aliphatic carbocycles. The Kier molecular flexibility index (Phi) is 3.31. The van der Waals surface area contributed by atoms with Crippen LogP contribution in [0.3, 0.4) is 0 Å². The Bertz CT molecular complexity index is 1060. The lowest BCUT2D eigenvalue weighted by Crippen LogP contribution is -2.36. The first-order valence-electron chi connectivity index (χ1n) is 7.89. The van der Waals surface area contributed by atoms with E-state index in [0.29, 0.717) is 10.9 Å². The van der Waals surface area contributed by atoms with Gasteiger partial charge in [0.25, 0.3) is 11.5 Å². The van der Waals surface area contributed by atoms with Gasteiger partial charge in [-0.1, -0.05) is 60.1 Å². The summed E-state index contributed by atoms with van der Waals surface area (Å²) in [5.74, 6) is 0.981. The van der Waals surface area contributed by atoms with Gasteiger partial charge >= 0.3 is 0 Å². The molecule has 4 heteroatoms. The van der Waals surface area contributed by atoms with Gasteiger partial charge in [0.05, 0.1) is 0 Å². The smallest absolute Gasteiger partial charge is 0.285 e. The molecule has 4 rings (SSSR count). The van der Waals surface area contributed by atoms with Crippen molar-refractivity contribution in [1.82, 2.24) is 9.50 Å². The van der Waals surface area contributed by atoms with Crippen molar-refractivity contribution < 1.29 is 9.79 Å².